The number of rotatable bonds is 1. The van der Waals surface area contributed by atoms with Gasteiger partial charge in [0.2, 0.25) is 5.82 Å². The third kappa shape index (κ3) is 2.06. The van der Waals surface area contributed by atoms with Gasteiger partial charge in [0, 0.05) is 6.04 Å². The van der Waals surface area contributed by atoms with E-state index in [2.05, 4.69) is 15.1 Å². The molecule has 0 spiro atoms. The minimum Gasteiger partial charge on any atom is -0.245 e. The topological polar surface area (TPSA) is 43.6 Å². The summed E-state index contributed by atoms with van der Waals surface area (Å²) < 4.78 is 38.9. The standard InChI is InChI=1S/C9H8ClF3N4/c1-4(2)17-7-5(3-14-17)6(10)15-8(16-7)9(11,12)13/h3-4H,1-2H3. The lowest BCUT2D eigenvalue weighted by Crippen LogP contribution is -2.13. The van der Waals surface area contributed by atoms with Gasteiger partial charge in [-0.25, -0.2) is 14.6 Å². The van der Waals surface area contributed by atoms with E-state index in [0.29, 0.717) is 5.39 Å². The van der Waals surface area contributed by atoms with Crippen LogP contribution in [-0.2, 0) is 6.18 Å². The van der Waals surface area contributed by atoms with Gasteiger partial charge in [-0.1, -0.05) is 11.6 Å². The van der Waals surface area contributed by atoms with Crippen LogP contribution in [-0.4, -0.2) is 19.7 Å². The molecule has 0 bridgehead atoms. The monoisotopic (exact) mass is 264 g/mol. The molecule has 0 fully saturated rings. The number of hydrogen-bond acceptors (Lipinski definition) is 3. The first-order valence-electron chi connectivity index (χ1n) is 4.78. The highest BCUT2D eigenvalue weighted by Gasteiger charge is 2.36. The third-order valence-corrected chi connectivity index (χ3v) is 2.44. The predicted molar refractivity (Wildman–Crippen MR) is 55.7 cm³/mol. The summed E-state index contributed by atoms with van der Waals surface area (Å²) in [6, 6.07) is -0.112. The van der Waals surface area contributed by atoms with Crippen molar-refractivity contribution in [2.75, 3.05) is 0 Å². The summed E-state index contributed by atoms with van der Waals surface area (Å²) in [6.45, 7) is 3.57. The van der Waals surface area contributed by atoms with Crippen molar-refractivity contribution in [1.82, 2.24) is 19.7 Å². The number of halogens is 4. The van der Waals surface area contributed by atoms with Crippen LogP contribution in [0.1, 0.15) is 25.7 Å². The summed E-state index contributed by atoms with van der Waals surface area (Å²) >= 11 is 5.68. The Bertz CT molecular complexity index is 561. The quantitative estimate of drug-likeness (QED) is 0.744. The van der Waals surface area contributed by atoms with E-state index >= 15 is 0 Å². The second-order valence-electron chi connectivity index (χ2n) is 3.76. The van der Waals surface area contributed by atoms with Crippen molar-refractivity contribution in [2.24, 2.45) is 0 Å². The van der Waals surface area contributed by atoms with Crippen LogP contribution in [0.25, 0.3) is 11.0 Å². The van der Waals surface area contributed by atoms with E-state index in [4.69, 9.17) is 11.6 Å². The highest BCUT2D eigenvalue weighted by atomic mass is 35.5. The van der Waals surface area contributed by atoms with Crippen molar-refractivity contribution >= 4 is 22.6 Å². The molecule has 0 saturated carbocycles. The molecule has 0 atom stereocenters. The number of fused-ring (bicyclic) bond motifs is 1. The lowest BCUT2D eigenvalue weighted by atomic mass is 10.4. The van der Waals surface area contributed by atoms with Crippen LogP contribution in [0.2, 0.25) is 5.15 Å². The van der Waals surface area contributed by atoms with Gasteiger partial charge in [-0.15, -0.1) is 0 Å². The molecular formula is C9H8ClF3N4. The Morgan fingerprint density at radius 3 is 2.47 bits per heavy atom. The molecule has 0 aliphatic heterocycles. The van der Waals surface area contributed by atoms with Gasteiger partial charge in [-0.05, 0) is 13.8 Å². The van der Waals surface area contributed by atoms with Gasteiger partial charge >= 0.3 is 6.18 Å². The maximum atomic E-state index is 12.5. The van der Waals surface area contributed by atoms with Crippen LogP contribution in [0.4, 0.5) is 13.2 Å². The molecule has 17 heavy (non-hydrogen) atoms. The van der Waals surface area contributed by atoms with E-state index in [9.17, 15) is 13.2 Å². The smallest absolute Gasteiger partial charge is 0.245 e. The number of aromatic nitrogens is 4. The zero-order valence-corrected chi connectivity index (χ0v) is 9.71. The Balaban J connectivity index is 2.74. The molecule has 2 rings (SSSR count). The molecule has 2 aromatic rings. The summed E-state index contributed by atoms with van der Waals surface area (Å²) in [4.78, 5) is 6.69. The molecule has 92 valence electrons. The number of nitrogens with zero attached hydrogens (tertiary/aromatic N) is 4. The van der Waals surface area contributed by atoms with Crippen LogP contribution in [0.15, 0.2) is 6.20 Å². The summed E-state index contributed by atoms with van der Waals surface area (Å²) in [5.41, 5.74) is 0.0901. The first-order valence-corrected chi connectivity index (χ1v) is 5.16. The predicted octanol–water partition coefficient (Wildman–Crippen LogP) is 3.08. The third-order valence-electron chi connectivity index (χ3n) is 2.15. The fourth-order valence-corrected chi connectivity index (χ4v) is 1.61. The highest BCUT2D eigenvalue weighted by molar-refractivity contribution is 6.33. The second-order valence-corrected chi connectivity index (χ2v) is 4.11. The van der Waals surface area contributed by atoms with Gasteiger partial charge in [0.05, 0.1) is 11.6 Å². The van der Waals surface area contributed by atoms with Gasteiger partial charge in [0.15, 0.2) is 5.65 Å². The van der Waals surface area contributed by atoms with E-state index in [0.717, 1.165) is 0 Å². The molecule has 0 radical (unpaired) electrons. The SMILES string of the molecule is CC(C)n1ncc2c(Cl)nc(C(F)(F)F)nc21. The molecule has 4 nitrogen and oxygen atoms in total. The molecule has 0 saturated heterocycles. The molecule has 2 heterocycles. The van der Waals surface area contributed by atoms with Crippen molar-refractivity contribution in [2.45, 2.75) is 26.1 Å². The number of alkyl halides is 3. The Kier molecular flexibility index (Phi) is 2.73. The largest absolute Gasteiger partial charge is 0.451 e. The zero-order chi connectivity index (χ0) is 12.8. The van der Waals surface area contributed by atoms with Crippen molar-refractivity contribution in [3.63, 3.8) is 0 Å². The number of hydrogen-bond donors (Lipinski definition) is 0. The summed E-state index contributed by atoms with van der Waals surface area (Å²) in [7, 11) is 0. The summed E-state index contributed by atoms with van der Waals surface area (Å²) in [5, 5.41) is 4.01. The fourth-order valence-electron chi connectivity index (χ4n) is 1.40. The molecule has 0 N–H and O–H groups in total. The van der Waals surface area contributed by atoms with E-state index < -0.39 is 12.0 Å². The van der Waals surface area contributed by atoms with Gasteiger partial charge in [-0.2, -0.15) is 18.3 Å². The molecule has 0 amide bonds. The van der Waals surface area contributed by atoms with Gasteiger partial charge < -0.3 is 0 Å². The van der Waals surface area contributed by atoms with Crippen LogP contribution in [0.3, 0.4) is 0 Å². The average molecular weight is 265 g/mol. The molecule has 8 heteroatoms. The van der Waals surface area contributed by atoms with Gasteiger partial charge in [-0.3, -0.25) is 0 Å². The van der Waals surface area contributed by atoms with Crippen molar-refractivity contribution in [1.29, 1.82) is 0 Å². The van der Waals surface area contributed by atoms with Gasteiger partial charge in [0.25, 0.3) is 0 Å². The van der Waals surface area contributed by atoms with Crippen LogP contribution in [0.5, 0.6) is 0 Å². The first kappa shape index (κ1) is 12.1. The van der Waals surface area contributed by atoms with E-state index in [1.165, 1.54) is 10.9 Å². The van der Waals surface area contributed by atoms with E-state index in [-0.39, 0.29) is 16.8 Å². The molecule has 0 unspecified atom stereocenters. The van der Waals surface area contributed by atoms with E-state index in [1.54, 1.807) is 13.8 Å². The fraction of sp³-hybridized carbons (Fsp3) is 0.444. The molecule has 0 aliphatic rings. The van der Waals surface area contributed by atoms with Gasteiger partial charge in [0.1, 0.15) is 5.15 Å². The average Bonchev–Trinajstić information content (AvgIpc) is 2.60. The Morgan fingerprint density at radius 1 is 1.29 bits per heavy atom. The van der Waals surface area contributed by atoms with Crippen molar-refractivity contribution < 1.29 is 13.2 Å². The van der Waals surface area contributed by atoms with Crippen molar-refractivity contribution in [3.8, 4) is 0 Å². The maximum absolute atomic E-state index is 12.5. The first-order chi connectivity index (χ1) is 7.80. The lowest BCUT2D eigenvalue weighted by molar-refractivity contribution is -0.144. The normalized spacial score (nSPS) is 12.6. The minimum atomic E-state index is -4.62. The van der Waals surface area contributed by atoms with Crippen LogP contribution in [0, 0.1) is 0 Å². The maximum Gasteiger partial charge on any atom is 0.451 e. The van der Waals surface area contributed by atoms with Crippen molar-refractivity contribution in [3.05, 3.63) is 17.2 Å². The lowest BCUT2D eigenvalue weighted by Gasteiger charge is -2.09. The second kappa shape index (κ2) is 3.83. The summed E-state index contributed by atoms with van der Waals surface area (Å²) in [5.74, 6) is -1.25. The van der Waals surface area contributed by atoms with Crippen LogP contribution >= 0.6 is 11.6 Å². The summed E-state index contributed by atoms with van der Waals surface area (Å²) in [6.07, 6.45) is -3.26. The Morgan fingerprint density at radius 2 is 1.94 bits per heavy atom. The Labute approximate surface area is 99.4 Å². The molecule has 0 aliphatic carbocycles. The minimum absolute atomic E-state index is 0.0901. The Hall–Kier alpha value is -1.37. The highest BCUT2D eigenvalue weighted by Crippen LogP contribution is 2.30. The molecule has 0 aromatic carbocycles. The van der Waals surface area contributed by atoms with E-state index in [1.807, 2.05) is 0 Å². The van der Waals surface area contributed by atoms with Crippen LogP contribution < -0.4 is 0 Å². The molecule has 2 aromatic heterocycles. The zero-order valence-electron chi connectivity index (χ0n) is 8.96. The molecular weight excluding hydrogens is 257 g/mol.